The van der Waals surface area contributed by atoms with Crippen molar-refractivity contribution >= 4 is 5.78 Å². The van der Waals surface area contributed by atoms with Gasteiger partial charge in [-0.2, -0.15) is 0 Å². The minimum absolute atomic E-state index is 0.0358. The monoisotopic (exact) mass is 263 g/mol. The van der Waals surface area contributed by atoms with Crippen molar-refractivity contribution in [1.82, 2.24) is 4.90 Å². The Morgan fingerprint density at radius 3 is 2.37 bits per heavy atom. The summed E-state index contributed by atoms with van der Waals surface area (Å²) < 4.78 is 5.32. The first-order valence-electron chi connectivity index (χ1n) is 6.73. The lowest BCUT2D eigenvalue weighted by Crippen LogP contribution is -2.26. The van der Waals surface area contributed by atoms with Crippen LogP contribution in [0.2, 0.25) is 0 Å². The maximum Gasteiger partial charge on any atom is 0.170 e. The molecule has 0 radical (unpaired) electrons. The van der Waals surface area contributed by atoms with Crippen LogP contribution in [0.1, 0.15) is 42.6 Å². The summed E-state index contributed by atoms with van der Waals surface area (Å²) in [4.78, 5) is 14.6. The van der Waals surface area contributed by atoms with Crippen LogP contribution >= 0.6 is 0 Å². The average molecular weight is 263 g/mol. The third-order valence-electron chi connectivity index (χ3n) is 3.24. The van der Waals surface area contributed by atoms with Gasteiger partial charge in [0, 0.05) is 12.5 Å². The van der Waals surface area contributed by atoms with Crippen molar-refractivity contribution in [3.63, 3.8) is 0 Å². The molecule has 0 aromatic heterocycles. The standard InChI is InChI=1S/C16H25NO2/c1-11(2)13-7-8-15(19-6)14(9-13)16(18)12(3)10-17(4)5/h7-9,11-12H,10H2,1-6H3. The van der Waals surface area contributed by atoms with Crippen molar-refractivity contribution in [2.45, 2.75) is 26.7 Å². The number of ketones is 1. The fourth-order valence-corrected chi connectivity index (χ4v) is 2.17. The topological polar surface area (TPSA) is 29.5 Å². The average Bonchev–Trinajstić information content (AvgIpc) is 2.36. The van der Waals surface area contributed by atoms with Gasteiger partial charge in [0.15, 0.2) is 5.78 Å². The van der Waals surface area contributed by atoms with E-state index in [0.29, 0.717) is 17.2 Å². The summed E-state index contributed by atoms with van der Waals surface area (Å²) in [6.45, 7) is 6.95. The molecule has 0 N–H and O–H groups in total. The zero-order chi connectivity index (χ0) is 14.6. The van der Waals surface area contributed by atoms with Gasteiger partial charge < -0.3 is 9.64 Å². The Kier molecular flexibility index (Phi) is 5.55. The molecule has 0 fully saturated rings. The van der Waals surface area contributed by atoms with Gasteiger partial charge in [-0.05, 0) is 37.7 Å². The molecule has 0 bridgehead atoms. The van der Waals surface area contributed by atoms with Crippen LogP contribution in [0.4, 0.5) is 0 Å². The second kappa shape index (κ2) is 6.71. The Morgan fingerprint density at radius 2 is 1.89 bits per heavy atom. The largest absolute Gasteiger partial charge is 0.496 e. The van der Waals surface area contributed by atoms with Crippen molar-refractivity contribution in [2.24, 2.45) is 5.92 Å². The molecule has 3 heteroatoms. The van der Waals surface area contributed by atoms with E-state index in [-0.39, 0.29) is 11.7 Å². The summed E-state index contributed by atoms with van der Waals surface area (Å²) in [6.07, 6.45) is 0. The predicted molar refractivity (Wildman–Crippen MR) is 79.1 cm³/mol. The summed E-state index contributed by atoms with van der Waals surface area (Å²) in [5.74, 6) is 1.18. The third-order valence-corrected chi connectivity index (χ3v) is 3.24. The molecule has 0 saturated carbocycles. The van der Waals surface area contributed by atoms with E-state index in [4.69, 9.17) is 4.74 Å². The molecule has 1 unspecified atom stereocenters. The highest BCUT2D eigenvalue weighted by molar-refractivity contribution is 6.00. The summed E-state index contributed by atoms with van der Waals surface area (Å²) in [7, 11) is 5.56. The first kappa shape index (κ1) is 15.7. The SMILES string of the molecule is COc1ccc(C(C)C)cc1C(=O)C(C)CN(C)C. The molecule has 0 aliphatic rings. The lowest BCUT2D eigenvalue weighted by Gasteiger charge is -2.18. The Hall–Kier alpha value is -1.35. The predicted octanol–water partition coefficient (Wildman–Crippen LogP) is 3.20. The zero-order valence-electron chi connectivity index (χ0n) is 12.9. The molecule has 106 valence electrons. The van der Waals surface area contributed by atoms with E-state index in [1.54, 1.807) is 7.11 Å². The van der Waals surface area contributed by atoms with Crippen LogP contribution < -0.4 is 4.74 Å². The molecule has 1 aromatic carbocycles. The molecule has 1 atom stereocenters. The van der Waals surface area contributed by atoms with E-state index < -0.39 is 0 Å². The Bertz CT molecular complexity index is 438. The normalized spacial score (nSPS) is 12.8. The van der Waals surface area contributed by atoms with Crippen LogP contribution in [0.25, 0.3) is 0 Å². The van der Waals surface area contributed by atoms with Crippen molar-refractivity contribution in [2.75, 3.05) is 27.7 Å². The van der Waals surface area contributed by atoms with E-state index in [9.17, 15) is 4.79 Å². The summed E-state index contributed by atoms with van der Waals surface area (Å²) >= 11 is 0. The second-order valence-electron chi connectivity index (χ2n) is 5.64. The van der Waals surface area contributed by atoms with Crippen molar-refractivity contribution in [3.05, 3.63) is 29.3 Å². The molecule has 0 saturated heterocycles. The van der Waals surface area contributed by atoms with Gasteiger partial charge in [-0.15, -0.1) is 0 Å². The lowest BCUT2D eigenvalue weighted by atomic mass is 9.93. The van der Waals surface area contributed by atoms with E-state index >= 15 is 0 Å². The van der Waals surface area contributed by atoms with Gasteiger partial charge in [0.2, 0.25) is 0 Å². The van der Waals surface area contributed by atoms with Crippen LogP contribution in [0.15, 0.2) is 18.2 Å². The van der Waals surface area contributed by atoms with Crippen molar-refractivity contribution in [1.29, 1.82) is 0 Å². The Labute approximate surface area is 116 Å². The molecule has 19 heavy (non-hydrogen) atoms. The smallest absolute Gasteiger partial charge is 0.170 e. The lowest BCUT2D eigenvalue weighted by molar-refractivity contribution is 0.0907. The molecule has 1 rings (SSSR count). The quantitative estimate of drug-likeness (QED) is 0.738. The number of carbonyl (C=O) groups is 1. The van der Waals surface area contributed by atoms with Gasteiger partial charge in [0.25, 0.3) is 0 Å². The fraction of sp³-hybridized carbons (Fsp3) is 0.562. The van der Waals surface area contributed by atoms with Gasteiger partial charge in [-0.3, -0.25) is 4.79 Å². The number of methoxy groups -OCH3 is 1. The molecular weight excluding hydrogens is 238 g/mol. The Morgan fingerprint density at radius 1 is 1.26 bits per heavy atom. The van der Waals surface area contributed by atoms with Crippen molar-refractivity contribution in [3.8, 4) is 5.75 Å². The minimum atomic E-state index is -0.0358. The van der Waals surface area contributed by atoms with Crippen LogP contribution in [0.5, 0.6) is 5.75 Å². The maximum atomic E-state index is 12.5. The van der Waals surface area contributed by atoms with Crippen LogP contribution in [-0.4, -0.2) is 38.4 Å². The fourth-order valence-electron chi connectivity index (χ4n) is 2.17. The van der Waals surface area contributed by atoms with Gasteiger partial charge in [-0.25, -0.2) is 0 Å². The van der Waals surface area contributed by atoms with Crippen LogP contribution in [0.3, 0.4) is 0 Å². The number of hydrogen-bond acceptors (Lipinski definition) is 3. The molecular formula is C16H25NO2. The molecule has 0 aliphatic heterocycles. The number of ether oxygens (including phenoxy) is 1. The number of rotatable bonds is 6. The zero-order valence-corrected chi connectivity index (χ0v) is 12.9. The molecule has 1 aromatic rings. The molecule has 3 nitrogen and oxygen atoms in total. The second-order valence-corrected chi connectivity index (χ2v) is 5.64. The van der Waals surface area contributed by atoms with Crippen LogP contribution in [-0.2, 0) is 0 Å². The minimum Gasteiger partial charge on any atom is -0.496 e. The van der Waals surface area contributed by atoms with Gasteiger partial charge in [-0.1, -0.05) is 26.8 Å². The highest BCUT2D eigenvalue weighted by Crippen LogP contribution is 2.26. The third kappa shape index (κ3) is 4.06. The highest BCUT2D eigenvalue weighted by atomic mass is 16.5. The molecule has 0 spiro atoms. The number of carbonyl (C=O) groups excluding carboxylic acids is 1. The van der Waals surface area contributed by atoms with E-state index in [0.717, 1.165) is 6.54 Å². The summed E-state index contributed by atoms with van der Waals surface area (Å²) in [6, 6.07) is 5.89. The number of benzene rings is 1. The Balaban J connectivity index is 3.08. The first-order valence-corrected chi connectivity index (χ1v) is 6.73. The highest BCUT2D eigenvalue weighted by Gasteiger charge is 2.20. The summed E-state index contributed by atoms with van der Waals surface area (Å²) in [5.41, 5.74) is 1.87. The van der Waals surface area contributed by atoms with Crippen LogP contribution in [0, 0.1) is 5.92 Å². The van der Waals surface area contributed by atoms with E-state index in [1.807, 2.05) is 44.1 Å². The van der Waals surface area contributed by atoms with E-state index in [2.05, 4.69) is 13.8 Å². The van der Waals surface area contributed by atoms with Gasteiger partial charge >= 0.3 is 0 Å². The summed E-state index contributed by atoms with van der Waals surface area (Å²) in [5, 5.41) is 0. The number of Topliss-reactive ketones (excluding diaryl/α,β-unsaturated/α-hetero) is 1. The molecule has 0 aliphatic carbocycles. The maximum absolute atomic E-state index is 12.5. The first-order chi connectivity index (χ1) is 8.86. The van der Waals surface area contributed by atoms with E-state index in [1.165, 1.54) is 5.56 Å². The molecule has 0 heterocycles. The number of hydrogen-bond donors (Lipinski definition) is 0. The van der Waals surface area contributed by atoms with Gasteiger partial charge in [0.05, 0.1) is 12.7 Å². The number of nitrogens with zero attached hydrogens (tertiary/aromatic N) is 1. The molecule has 0 amide bonds. The van der Waals surface area contributed by atoms with Gasteiger partial charge in [0.1, 0.15) is 5.75 Å². The van der Waals surface area contributed by atoms with Crippen molar-refractivity contribution < 1.29 is 9.53 Å².